The third kappa shape index (κ3) is 5.57. The molecule has 2 rings (SSSR count). The Hall–Kier alpha value is -0.340. The molecular formula is C18H27BrO. The summed E-state index contributed by atoms with van der Waals surface area (Å²) >= 11 is 3.69. The summed E-state index contributed by atoms with van der Waals surface area (Å²) in [7, 11) is 0. The molecule has 1 aliphatic carbocycles. The minimum absolute atomic E-state index is 0.466. The molecule has 0 amide bonds. The highest BCUT2D eigenvalue weighted by molar-refractivity contribution is 9.09. The van der Waals surface area contributed by atoms with E-state index in [1.165, 1.54) is 62.5 Å². The highest BCUT2D eigenvalue weighted by atomic mass is 79.9. The van der Waals surface area contributed by atoms with E-state index in [1.807, 2.05) is 0 Å². The van der Waals surface area contributed by atoms with Crippen molar-refractivity contribution in [2.45, 2.75) is 75.8 Å². The van der Waals surface area contributed by atoms with Crippen molar-refractivity contribution in [2.24, 2.45) is 0 Å². The third-order valence-electron chi connectivity index (χ3n) is 4.18. The van der Waals surface area contributed by atoms with E-state index in [1.54, 1.807) is 0 Å². The van der Waals surface area contributed by atoms with E-state index in [2.05, 4.69) is 47.1 Å². The van der Waals surface area contributed by atoms with Crippen LogP contribution in [0, 0.1) is 0 Å². The average molecular weight is 339 g/mol. The Balaban J connectivity index is 1.70. The van der Waals surface area contributed by atoms with Gasteiger partial charge in [0.05, 0.1) is 12.7 Å². The molecule has 1 aromatic carbocycles. The van der Waals surface area contributed by atoms with Crippen molar-refractivity contribution in [2.75, 3.05) is 0 Å². The quantitative estimate of drug-likeness (QED) is 0.461. The fourth-order valence-corrected chi connectivity index (χ4v) is 3.31. The summed E-state index contributed by atoms with van der Waals surface area (Å²) in [6.07, 6.45) is 10.5. The second-order valence-electron chi connectivity index (χ2n) is 5.96. The molecule has 0 aliphatic heterocycles. The lowest BCUT2D eigenvalue weighted by Gasteiger charge is -2.25. The Morgan fingerprint density at radius 2 is 1.65 bits per heavy atom. The van der Waals surface area contributed by atoms with Crippen molar-refractivity contribution in [1.82, 2.24) is 0 Å². The maximum Gasteiger partial charge on any atom is 0.0720 e. The molecule has 20 heavy (non-hydrogen) atoms. The number of unbranched alkanes of at least 4 members (excludes halogenated alkanes) is 2. The van der Waals surface area contributed by atoms with Gasteiger partial charge in [-0.1, -0.05) is 60.0 Å². The monoisotopic (exact) mass is 338 g/mol. The lowest BCUT2D eigenvalue weighted by molar-refractivity contribution is 0.0182. The molecule has 112 valence electrons. The van der Waals surface area contributed by atoms with Crippen LogP contribution < -0.4 is 0 Å². The van der Waals surface area contributed by atoms with Gasteiger partial charge in [0.15, 0.2) is 0 Å². The fourth-order valence-electron chi connectivity index (χ4n) is 2.78. The van der Waals surface area contributed by atoms with Gasteiger partial charge in [-0.25, -0.2) is 0 Å². The van der Waals surface area contributed by atoms with Gasteiger partial charge in [-0.3, -0.25) is 0 Å². The Morgan fingerprint density at radius 3 is 2.30 bits per heavy atom. The normalized spacial score (nSPS) is 22.9. The Bertz CT molecular complexity index is 366. The molecule has 0 aromatic heterocycles. The molecule has 0 spiro atoms. The molecular weight excluding hydrogens is 312 g/mol. The SMILES string of the molecule is CCCCCc1ccc(COC2CCC(Br)CC2)cc1. The van der Waals surface area contributed by atoms with Crippen LogP contribution in [0.5, 0.6) is 0 Å². The van der Waals surface area contributed by atoms with Crippen LogP contribution in [0.1, 0.15) is 63.0 Å². The Kier molecular flexibility index (Phi) is 7.09. The van der Waals surface area contributed by atoms with Gasteiger partial charge >= 0.3 is 0 Å². The van der Waals surface area contributed by atoms with Crippen LogP contribution in [0.4, 0.5) is 0 Å². The summed E-state index contributed by atoms with van der Waals surface area (Å²) in [4.78, 5) is 0.713. The zero-order valence-electron chi connectivity index (χ0n) is 12.6. The number of hydrogen-bond donors (Lipinski definition) is 0. The standard InChI is InChI=1S/C18H27BrO/c1-2-3-4-5-15-6-8-16(9-7-15)14-20-18-12-10-17(19)11-13-18/h6-9,17-18H,2-5,10-14H2,1H3. The highest BCUT2D eigenvalue weighted by Crippen LogP contribution is 2.26. The second kappa shape index (κ2) is 8.84. The number of hydrogen-bond acceptors (Lipinski definition) is 1. The van der Waals surface area contributed by atoms with Gasteiger partial charge < -0.3 is 4.74 Å². The van der Waals surface area contributed by atoms with Crippen LogP contribution in [-0.2, 0) is 17.8 Å². The predicted molar refractivity (Wildman–Crippen MR) is 89.4 cm³/mol. The number of aryl methyl sites for hydroxylation is 1. The van der Waals surface area contributed by atoms with Crippen molar-refractivity contribution >= 4 is 15.9 Å². The number of ether oxygens (including phenoxy) is 1. The summed E-state index contributed by atoms with van der Waals surface area (Å²) < 4.78 is 6.03. The minimum atomic E-state index is 0.466. The van der Waals surface area contributed by atoms with E-state index >= 15 is 0 Å². The second-order valence-corrected chi connectivity index (χ2v) is 7.25. The molecule has 1 nitrogen and oxygen atoms in total. The summed E-state index contributed by atoms with van der Waals surface area (Å²) in [5.74, 6) is 0. The number of alkyl halides is 1. The maximum absolute atomic E-state index is 6.03. The van der Waals surface area contributed by atoms with E-state index < -0.39 is 0 Å². The first-order valence-electron chi connectivity index (χ1n) is 8.11. The maximum atomic E-state index is 6.03. The number of halogens is 1. The van der Waals surface area contributed by atoms with Gasteiger partial charge in [-0.05, 0) is 49.7 Å². The van der Waals surface area contributed by atoms with Crippen molar-refractivity contribution in [3.05, 3.63) is 35.4 Å². The molecule has 0 atom stereocenters. The van der Waals surface area contributed by atoms with Crippen molar-refractivity contribution in [3.63, 3.8) is 0 Å². The lowest BCUT2D eigenvalue weighted by Crippen LogP contribution is -2.21. The van der Waals surface area contributed by atoms with Crippen molar-refractivity contribution in [3.8, 4) is 0 Å². The predicted octanol–water partition coefficient (Wildman–Crippen LogP) is 5.64. The van der Waals surface area contributed by atoms with E-state index in [0.717, 1.165) is 6.61 Å². The molecule has 1 aromatic rings. The number of benzene rings is 1. The molecule has 0 N–H and O–H groups in total. The minimum Gasteiger partial charge on any atom is -0.374 e. The first-order chi connectivity index (χ1) is 9.78. The summed E-state index contributed by atoms with van der Waals surface area (Å²) in [6, 6.07) is 9.00. The molecule has 0 saturated heterocycles. The van der Waals surface area contributed by atoms with E-state index in [-0.39, 0.29) is 0 Å². The molecule has 1 saturated carbocycles. The lowest BCUT2D eigenvalue weighted by atomic mass is 9.97. The van der Waals surface area contributed by atoms with Crippen LogP contribution in [-0.4, -0.2) is 10.9 Å². The largest absolute Gasteiger partial charge is 0.374 e. The first-order valence-corrected chi connectivity index (χ1v) is 9.03. The number of rotatable bonds is 7. The van der Waals surface area contributed by atoms with E-state index in [9.17, 15) is 0 Å². The molecule has 0 heterocycles. The molecule has 0 radical (unpaired) electrons. The van der Waals surface area contributed by atoms with Gasteiger partial charge in [-0.2, -0.15) is 0 Å². The summed E-state index contributed by atoms with van der Waals surface area (Å²) in [6.45, 7) is 3.02. The molecule has 2 heteroatoms. The van der Waals surface area contributed by atoms with Crippen molar-refractivity contribution in [1.29, 1.82) is 0 Å². The van der Waals surface area contributed by atoms with Gasteiger partial charge in [0.2, 0.25) is 0 Å². The third-order valence-corrected chi connectivity index (χ3v) is 5.10. The van der Waals surface area contributed by atoms with Gasteiger partial charge in [0.1, 0.15) is 0 Å². The van der Waals surface area contributed by atoms with Gasteiger partial charge in [0, 0.05) is 4.83 Å². The topological polar surface area (TPSA) is 9.23 Å². The van der Waals surface area contributed by atoms with Crippen LogP contribution in [0.25, 0.3) is 0 Å². The zero-order valence-corrected chi connectivity index (χ0v) is 14.2. The van der Waals surface area contributed by atoms with Gasteiger partial charge in [0.25, 0.3) is 0 Å². The van der Waals surface area contributed by atoms with Gasteiger partial charge in [-0.15, -0.1) is 0 Å². The first kappa shape index (κ1) is 16.0. The van der Waals surface area contributed by atoms with Crippen LogP contribution in [0.2, 0.25) is 0 Å². The smallest absolute Gasteiger partial charge is 0.0720 e. The molecule has 0 unspecified atom stereocenters. The highest BCUT2D eigenvalue weighted by Gasteiger charge is 2.19. The van der Waals surface area contributed by atoms with E-state index in [0.29, 0.717) is 10.9 Å². The Morgan fingerprint density at radius 1 is 1.00 bits per heavy atom. The molecule has 1 fully saturated rings. The van der Waals surface area contributed by atoms with Crippen LogP contribution >= 0.6 is 15.9 Å². The molecule has 0 bridgehead atoms. The average Bonchev–Trinajstić information content (AvgIpc) is 2.48. The Labute approximate surface area is 132 Å². The van der Waals surface area contributed by atoms with Crippen molar-refractivity contribution < 1.29 is 4.74 Å². The fraction of sp³-hybridized carbons (Fsp3) is 0.667. The summed E-state index contributed by atoms with van der Waals surface area (Å²) in [5, 5.41) is 0. The summed E-state index contributed by atoms with van der Waals surface area (Å²) in [5.41, 5.74) is 2.77. The van der Waals surface area contributed by atoms with E-state index in [4.69, 9.17) is 4.74 Å². The zero-order chi connectivity index (χ0) is 14.2. The molecule has 1 aliphatic rings. The van der Waals surface area contributed by atoms with Crippen LogP contribution in [0.15, 0.2) is 24.3 Å². The van der Waals surface area contributed by atoms with Crippen LogP contribution in [0.3, 0.4) is 0 Å².